The molecule has 5 nitrogen and oxygen atoms in total. The lowest BCUT2D eigenvalue weighted by atomic mass is 10.1. The van der Waals surface area contributed by atoms with E-state index in [4.69, 9.17) is 5.73 Å². The molecule has 15 heavy (non-hydrogen) atoms. The Morgan fingerprint density at radius 2 is 2.20 bits per heavy atom. The van der Waals surface area contributed by atoms with Gasteiger partial charge in [0.2, 0.25) is 5.91 Å². The zero-order valence-corrected chi connectivity index (χ0v) is 9.53. The number of hydrogen-bond acceptors (Lipinski definition) is 4. The summed E-state index contributed by atoms with van der Waals surface area (Å²) < 4.78 is 0. The summed E-state index contributed by atoms with van der Waals surface area (Å²) in [7, 11) is 3.48. The highest BCUT2D eigenvalue weighted by atomic mass is 16.2. The van der Waals surface area contributed by atoms with E-state index >= 15 is 0 Å². The van der Waals surface area contributed by atoms with Crippen molar-refractivity contribution in [1.29, 1.82) is 0 Å². The van der Waals surface area contributed by atoms with E-state index in [0.717, 1.165) is 19.4 Å². The van der Waals surface area contributed by atoms with Crippen LogP contribution in [0.25, 0.3) is 0 Å². The summed E-state index contributed by atoms with van der Waals surface area (Å²) in [5, 5.41) is 3.03. The van der Waals surface area contributed by atoms with Gasteiger partial charge in [0.25, 0.3) is 0 Å². The number of unbranched alkanes of at least 4 members (excludes halogenated alkanes) is 1. The van der Waals surface area contributed by atoms with E-state index in [-0.39, 0.29) is 12.5 Å². The van der Waals surface area contributed by atoms with Crippen molar-refractivity contribution in [3.8, 4) is 0 Å². The first-order chi connectivity index (χ1) is 7.13. The summed E-state index contributed by atoms with van der Waals surface area (Å²) in [6.07, 6.45) is 3.30. The van der Waals surface area contributed by atoms with Crippen molar-refractivity contribution in [2.75, 3.05) is 27.2 Å². The third-order valence-corrected chi connectivity index (χ3v) is 2.23. The van der Waals surface area contributed by atoms with Crippen LogP contribution in [0.2, 0.25) is 0 Å². The molecule has 1 amide bonds. The van der Waals surface area contributed by atoms with E-state index in [0.29, 0.717) is 12.7 Å². The van der Waals surface area contributed by atoms with Crippen LogP contribution in [0.1, 0.15) is 19.3 Å². The highest BCUT2D eigenvalue weighted by Gasteiger charge is 2.16. The second kappa shape index (κ2) is 8.38. The largest absolute Gasteiger partial charge is 0.337 e. The molecule has 0 unspecified atom stereocenters. The monoisotopic (exact) mass is 215 g/mol. The van der Waals surface area contributed by atoms with E-state index in [1.54, 1.807) is 7.05 Å². The van der Waals surface area contributed by atoms with Crippen LogP contribution in [0, 0.1) is 0 Å². The van der Waals surface area contributed by atoms with Gasteiger partial charge in [-0.25, -0.2) is 0 Å². The predicted octanol–water partition coefficient (Wildman–Crippen LogP) is -0.639. The van der Waals surface area contributed by atoms with Gasteiger partial charge in [-0.05, 0) is 26.4 Å². The molecule has 0 saturated carbocycles. The SMILES string of the molecule is CNCCCC[C@@H](N)C(=O)N(C)CC=O. The van der Waals surface area contributed by atoms with Crippen LogP contribution < -0.4 is 11.1 Å². The molecule has 5 heteroatoms. The summed E-state index contributed by atoms with van der Waals surface area (Å²) in [6, 6.07) is -0.480. The molecular formula is C10H21N3O2. The minimum absolute atomic E-state index is 0.114. The van der Waals surface area contributed by atoms with E-state index in [9.17, 15) is 9.59 Å². The molecular weight excluding hydrogens is 194 g/mol. The Kier molecular flexibility index (Phi) is 7.85. The van der Waals surface area contributed by atoms with Gasteiger partial charge in [-0.3, -0.25) is 4.79 Å². The zero-order chi connectivity index (χ0) is 11.7. The Morgan fingerprint density at radius 1 is 1.53 bits per heavy atom. The summed E-state index contributed by atoms with van der Waals surface area (Å²) >= 11 is 0. The van der Waals surface area contributed by atoms with E-state index in [1.165, 1.54) is 4.90 Å². The van der Waals surface area contributed by atoms with E-state index in [1.807, 2.05) is 7.05 Å². The standard InChI is InChI=1S/C10H21N3O2/c1-12-6-4-3-5-9(11)10(15)13(2)7-8-14/h8-9,12H,3-7,11H2,1-2H3/t9-/m1/s1. The quantitative estimate of drug-likeness (QED) is 0.417. The summed E-state index contributed by atoms with van der Waals surface area (Å²) in [6.45, 7) is 1.05. The number of aldehydes is 1. The van der Waals surface area contributed by atoms with E-state index < -0.39 is 6.04 Å². The third kappa shape index (κ3) is 6.19. The molecule has 0 heterocycles. The van der Waals surface area contributed by atoms with E-state index in [2.05, 4.69) is 5.32 Å². The van der Waals surface area contributed by atoms with Crippen molar-refractivity contribution >= 4 is 12.2 Å². The van der Waals surface area contributed by atoms with Crippen LogP contribution in [-0.4, -0.2) is 50.3 Å². The van der Waals surface area contributed by atoms with Crippen LogP contribution in [0.5, 0.6) is 0 Å². The van der Waals surface area contributed by atoms with Gasteiger partial charge >= 0.3 is 0 Å². The molecule has 0 aromatic heterocycles. The Morgan fingerprint density at radius 3 is 2.73 bits per heavy atom. The van der Waals surface area contributed by atoms with Gasteiger partial charge in [-0.2, -0.15) is 0 Å². The van der Waals surface area contributed by atoms with Crippen molar-refractivity contribution in [2.24, 2.45) is 5.73 Å². The van der Waals surface area contributed by atoms with Crippen molar-refractivity contribution in [1.82, 2.24) is 10.2 Å². The summed E-state index contributed by atoms with van der Waals surface area (Å²) in [5.74, 6) is -0.161. The number of nitrogens with zero attached hydrogens (tertiary/aromatic N) is 1. The Bertz CT molecular complexity index is 197. The minimum atomic E-state index is -0.480. The van der Waals surface area contributed by atoms with Crippen LogP contribution in [0.3, 0.4) is 0 Å². The number of carbonyl (C=O) groups excluding carboxylic acids is 2. The molecule has 0 aromatic carbocycles. The van der Waals surface area contributed by atoms with Crippen LogP contribution in [0.15, 0.2) is 0 Å². The summed E-state index contributed by atoms with van der Waals surface area (Å²) in [5.41, 5.74) is 5.70. The summed E-state index contributed by atoms with van der Waals surface area (Å²) in [4.78, 5) is 23.1. The molecule has 0 radical (unpaired) electrons. The normalized spacial score (nSPS) is 12.2. The Labute approximate surface area is 91.0 Å². The average Bonchev–Trinajstić information content (AvgIpc) is 2.23. The molecule has 0 spiro atoms. The maximum Gasteiger partial charge on any atom is 0.239 e. The number of carbonyl (C=O) groups is 2. The van der Waals surface area contributed by atoms with Gasteiger partial charge in [0.05, 0.1) is 12.6 Å². The smallest absolute Gasteiger partial charge is 0.239 e. The van der Waals surface area contributed by atoms with Gasteiger partial charge in [0.15, 0.2) is 0 Å². The fourth-order valence-electron chi connectivity index (χ4n) is 1.27. The predicted molar refractivity (Wildman–Crippen MR) is 59.5 cm³/mol. The molecule has 3 N–H and O–H groups in total. The van der Waals surface area contributed by atoms with Gasteiger partial charge in [-0.15, -0.1) is 0 Å². The molecule has 0 aliphatic rings. The van der Waals surface area contributed by atoms with Crippen molar-refractivity contribution < 1.29 is 9.59 Å². The number of nitrogens with one attached hydrogen (secondary N) is 1. The van der Waals surface area contributed by atoms with Crippen LogP contribution >= 0.6 is 0 Å². The molecule has 88 valence electrons. The number of rotatable bonds is 8. The second-order valence-electron chi connectivity index (χ2n) is 3.59. The maximum atomic E-state index is 11.5. The molecule has 0 aromatic rings. The third-order valence-electron chi connectivity index (χ3n) is 2.23. The molecule has 0 saturated heterocycles. The topological polar surface area (TPSA) is 75.4 Å². The van der Waals surface area contributed by atoms with Gasteiger partial charge in [0, 0.05) is 7.05 Å². The number of amides is 1. The molecule has 0 rings (SSSR count). The highest BCUT2D eigenvalue weighted by Crippen LogP contribution is 2.01. The number of nitrogens with two attached hydrogens (primary N) is 1. The molecule has 0 bridgehead atoms. The number of hydrogen-bond donors (Lipinski definition) is 2. The fourth-order valence-corrected chi connectivity index (χ4v) is 1.27. The first-order valence-electron chi connectivity index (χ1n) is 5.22. The van der Waals surface area contributed by atoms with Crippen LogP contribution in [-0.2, 0) is 9.59 Å². The maximum absolute atomic E-state index is 11.5. The van der Waals surface area contributed by atoms with Crippen molar-refractivity contribution in [3.63, 3.8) is 0 Å². The lowest BCUT2D eigenvalue weighted by Gasteiger charge is -2.18. The van der Waals surface area contributed by atoms with Crippen LogP contribution in [0.4, 0.5) is 0 Å². The van der Waals surface area contributed by atoms with Crippen molar-refractivity contribution in [3.05, 3.63) is 0 Å². The fraction of sp³-hybridized carbons (Fsp3) is 0.800. The second-order valence-corrected chi connectivity index (χ2v) is 3.59. The van der Waals surface area contributed by atoms with Gasteiger partial charge in [0.1, 0.15) is 6.29 Å². The molecule has 0 aliphatic heterocycles. The first-order valence-corrected chi connectivity index (χ1v) is 5.22. The van der Waals surface area contributed by atoms with Gasteiger partial charge in [-0.1, -0.05) is 6.42 Å². The average molecular weight is 215 g/mol. The highest BCUT2D eigenvalue weighted by molar-refractivity contribution is 5.83. The van der Waals surface area contributed by atoms with Crippen molar-refractivity contribution in [2.45, 2.75) is 25.3 Å². The zero-order valence-electron chi connectivity index (χ0n) is 9.53. The number of likely N-dealkylation sites (N-methyl/N-ethyl adjacent to an activating group) is 1. The lowest BCUT2D eigenvalue weighted by molar-refractivity contribution is -0.133. The Balaban J connectivity index is 3.72. The minimum Gasteiger partial charge on any atom is -0.337 e. The lowest BCUT2D eigenvalue weighted by Crippen LogP contribution is -2.42. The molecule has 1 atom stereocenters. The van der Waals surface area contributed by atoms with Gasteiger partial charge < -0.3 is 20.7 Å². The first kappa shape index (κ1) is 14.1. The molecule has 0 fully saturated rings. The molecule has 0 aliphatic carbocycles. The Hall–Kier alpha value is -0.940.